The molecule has 3 aliphatic rings. The molecule has 1 unspecified atom stereocenters. The van der Waals surface area contributed by atoms with Gasteiger partial charge in [0, 0.05) is 19.6 Å². The first kappa shape index (κ1) is 18.0. The first-order valence-electron chi connectivity index (χ1n) is 9.07. The van der Waals surface area contributed by atoms with Crippen molar-refractivity contribution in [3.63, 3.8) is 0 Å². The molecule has 1 fully saturated rings. The lowest BCUT2D eigenvalue weighted by atomic mass is 9.56. The van der Waals surface area contributed by atoms with Crippen molar-refractivity contribution in [1.82, 2.24) is 4.90 Å². The normalized spacial score (nSPS) is 39.6. The molecule has 0 radical (unpaired) electrons. The summed E-state index contributed by atoms with van der Waals surface area (Å²) in [6.45, 7) is 4.30. The Labute approximate surface area is 151 Å². The molecular weight excluding hydrogens is 313 g/mol. The fourth-order valence-electron chi connectivity index (χ4n) is 4.77. The van der Waals surface area contributed by atoms with Gasteiger partial charge in [-0.05, 0) is 44.1 Å². The predicted molar refractivity (Wildman–Crippen MR) is 103 cm³/mol. The standard InChI is InChI=1S/C19H28BN3O2/c1-13-12-14(20)6-4-5-9-18(10-7-15(25-3)8-11-18)19(13)16(24)23(2)17(21)22-19/h4,6,12,15H,1,5,7-11,20H2,2-3H3,(H2,21,22)/b6-4-,14-12-. The molecule has 1 heterocycles. The number of likely N-dealkylation sites (N-methyl/N-ethyl adjacent to an activating group) is 1. The van der Waals surface area contributed by atoms with Gasteiger partial charge >= 0.3 is 0 Å². The van der Waals surface area contributed by atoms with Gasteiger partial charge in [0.1, 0.15) is 7.85 Å². The second kappa shape index (κ2) is 6.48. The molecule has 1 amide bonds. The number of ether oxygens (including phenoxy) is 1. The summed E-state index contributed by atoms with van der Waals surface area (Å²) in [4.78, 5) is 19.7. The van der Waals surface area contributed by atoms with Gasteiger partial charge in [-0.1, -0.05) is 30.3 Å². The van der Waals surface area contributed by atoms with E-state index in [0.29, 0.717) is 0 Å². The summed E-state index contributed by atoms with van der Waals surface area (Å²) in [5, 5.41) is 0. The minimum atomic E-state index is -0.988. The van der Waals surface area contributed by atoms with Crippen LogP contribution in [0.5, 0.6) is 0 Å². The number of nitrogens with two attached hydrogens (primary N) is 1. The molecule has 25 heavy (non-hydrogen) atoms. The molecule has 3 rings (SSSR count). The van der Waals surface area contributed by atoms with Crippen LogP contribution in [-0.2, 0) is 9.53 Å². The lowest BCUT2D eigenvalue weighted by Gasteiger charge is -2.49. The van der Waals surface area contributed by atoms with Gasteiger partial charge in [0.05, 0.1) is 6.10 Å². The smallest absolute Gasteiger partial charge is 0.262 e. The fourth-order valence-corrected chi connectivity index (χ4v) is 4.77. The topological polar surface area (TPSA) is 67.9 Å². The lowest BCUT2D eigenvalue weighted by molar-refractivity contribution is -0.135. The molecular formula is C19H28BN3O2. The highest BCUT2D eigenvalue weighted by Gasteiger charge is 2.62. The number of carbonyl (C=O) groups excluding carboxylic acids is 1. The van der Waals surface area contributed by atoms with Crippen LogP contribution in [0.3, 0.4) is 0 Å². The maximum absolute atomic E-state index is 13.4. The van der Waals surface area contributed by atoms with Gasteiger partial charge in [-0.3, -0.25) is 9.69 Å². The van der Waals surface area contributed by atoms with Crippen LogP contribution in [0.25, 0.3) is 0 Å². The van der Waals surface area contributed by atoms with E-state index in [2.05, 4.69) is 18.7 Å². The number of hydrogen-bond donors (Lipinski definition) is 1. The Morgan fingerprint density at radius 2 is 2.08 bits per heavy atom. The highest BCUT2D eigenvalue weighted by atomic mass is 16.5. The number of hydrogen-bond acceptors (Lipinski definition) is 4. The molecule has 0 aromatic carbocycles. The highest BCUT2D eigenvalue weighted by molar-refractivity contribution is 6.23. The van der Waals surface area contributed by atoms with E-state index < -0.39 is 5.54 Å². The van der Waals surface area contributed by atoms with E-state index >= 15 is 0 Å². The van der Waals surface area contributed by atoms with Crippen molar-refractivity contribution in [2.24, 2.45) is 16.1 Å². The second-order valence-electron chi connectivity index (χ2n) is 7.61. The number of aliphatic imine (C=N–C) groups is 1. The van der Waals surface area contributed by atoms with Crippen molar-refractivity contribution < 1.29 is 9.53 Å². The Morgan fingerprint density at radius 3 is 2.64 bits per heavy atom. The molecule has 1 aliphatic heterocycles. The summed E-state index contributed by atoms with van der Waals surface area (Å²) in [6, 6.07) is 0. The molecule has 1 atom stereocenters. The van der Waals surface area contributed by atoms with Crippen molar-refractivity contribution in [2.45, 2.75) is 50.2 Å². The van der Waals surface area contributed by atoms with Crippen LogP contribution in [0.2, 0.25) is 0 Å². The minimum absolute atomic E-state index is 0.0446. The SMILES string of the molecule is BC1=C\C(=C)C2(N=C(N)N(C)C2=O)C2(CC/C=C\1)CCC(OC)CC2. The van der Waals surface area contributed by atoms with Crippen LogP contribution in [0.15, 0.2) is 40.8 Å². The van der Waals surface area contributed by atoms with E-state index in [1.807, 2.05) is 13.9 Å². The minimum Gasteiger partial charge on any atom is -0.381 e. The van der Waals surface area contributed by atoms with E-state index in [1.165, 1.54) is 4.90 Å². The van der Waals surface area contributed by atoms with E-state index in [-0.39, 0.29) is 23.4 Å². The monoisotopic (exact) mass is 341 g/mol. The molecule has 2 spiro atoms. The van der Waals surface area contributed by atoms with E-state index in [0.717, 1.165) is 49.6 Å². The van der Waals surface area contributed by atoms with Crippen LogP contribution < -0.4 is 5.73 Å². The van der Waals surface area contributed by atoms with Gasteiger partial charge in [0.25, 0.3) is 5.91 Å². The lowest BCUT2D eigenvalue weighted by Crippen LogP contribution is -2.56. The zero-order valence-electron chi connectivity index (χ0n) is 15.5. The maximum atomic E-state index is 13.4. The van der Waals surface area contributed by atoms with Crippen molar-refractivity contribution in [1.29, 1.82) is 0 Å². The van der Waals surface area contributed by atoms with Gasteiger partial charge in [0.15, 0.2) is 11.5 Å². The van der Waals surface area contributed by atoms with Crippen LogP contribution >= 0.6 is 0 Å². The first-order valence-corrected chi connectivity index (χ1v) is 9.07. The number of fused-ring (bicyclic) bond motifs is 1. The fraction of sp³-hybridized carbons (Fsp3) is 0.579. The number of nitrogens with zero attached hydrogens (tertiary/aromatic N) is 2. The van der Waals surface area contributed by atoms with Crippen molar-refractivity contribution in [3.8, 4) is 0 Å². The largest absolute Gasteiger partial charge is 0.381 e. The summed E-state index contributed by atoms with van der Waals surface area (Å²) in [5.74, 6) is 0.245. The van der Waals surface area contributed by atoms with E-state index in [1.54, 1.807) is 14.2 Å². The third-order valence-electron chi connectivity index (χ3n) is 6.27. The molecule has 0 aromatic heterocycles. The molecule has 6 heteroatoms. The van der Waals surface area contributed by atoms with Gasteiger partial charge < -0.3 is 10.5 Å². The second-order valence-corrected chi connectivity index (χ2v) is 7.61. The molecule has 1 saturated carbocycles. The summed E-state index contributed by atoms with van der Waals surface area (Å²) >= 11 is 0. The van der Waals surface area contributed by atoms with Crippen LogP contribution in [0.4, 0.5) is 0 Å². The third-order valence-corrected chi connectivity index (χ3v) is 6.27. The van der Waals surface area contributed by atoms with E-state index in [9.17, 15) is 4.79 Å². The summed E-state index contributed by atoms with van der Waals surface area (Å²) in [5.41, 5.74) is 6.68. The van der Waals surface area contributed by atoms with Gasteiger partial charge in [-0.15, -0.1) is 0 Å². The average molecular weight is 341 g/mol. The number of carbonyl (C=O) groups is 1. The molecule has 5 nitrogen and oxygen atoms in total. The van der Waals surface area contributed by atoms with Gasteiger partial charge in [0.2, 0.25) is 0 Å². The summed E-state index contributed by atoms with van der Waals surface area (Å²) in [7, 11) is 5.50. The molecule has 0 saturated heterocycles. The number of methoxy groups -OCH3 is 1. The van der Waals surface area contributed by atoms with Crippen molar-refractivity contribution >= 4 is 19.7 Å². The number of amides is 1. The maximum Gasteiger partial charge on any atom is 0.262 e. The molecule has 0 aromatic rings. The average Bonchev–Trinajstić information content (AvgIpc) is 2.86. The number of allylic oxidation sites excluding steroid dienone is 3. The highest BCUT2D eigenvalue weighted by Crippen LogP contribution is 2.56. The molecule has 2 aliphatic carbocycles. The van der Waals surface area contributed by atoms with Crippen LogP contribution in [0, 0.1) is 5.41 Å². The molecule has 0 bridgehead atoms. The summed E-state index contributed by atoms with van der Waals surface area (Å²) < 4.78 is 5.57. The zero-order valence-corrected chi connectivity index (χ0v) is 15.5. The Hall–Kier alpha value is -1.82. The summed E-state index contributed by atoms with van der Waals surface area (Å²) in [6.07, 6.45) is 12.0. The Bertz CT molecular complexity index is 674. The Balaban J connectivity index is 2.14. The number of rotatable bonds is 1. The van der Waals surface area contributed by atoms with Gasteiger partial charge in [-0.2, -0.15) is 0 Å². The van der Waals surface area contributed by atoms with E-state index in [4.69, 9.17) is 15.5 Å². The predicted octanol–water partition coefficient (Wildman–Crippen LogP) is 1.51. The van der Waals surface area contributed by atoms with Gasteiger partial charge in [-0.25, -0.2) is 4.99 Å². The van der Waals surface area contributed by atoms with Crippen LogP contribution in [0.1, 0.15) is 38.5 Å². The number of guanidine groups is 1. The third kappa shape index (κ3) is 2.67. The molecule has 2 N–H and O–H groups in total. The molecule has 134 valence electrons. The van der Waals surface area contributed by atoms with Crippen LogP contribution in [-0.4, -0.2) is 50.4 Å². The van der Waals surface area contributed by atoms with Crippen molar-refractivity contribution in [2.75, 3.05) is 14.2 Å². The quantitative estimate of drug-likeness (QED) is 0.735. The first-order chi connectivity index (χ1) is 11.9. The Morgan fingerprint density at radius 1 is 1.40 bits per heavy atom. The zero-order chi connectivity index (χ0) is 18.2. The Kier molecular flexibility index (Phi) is 4.67. The van der Waals surface area contributed by atoms with Crippen molar-refractivity contribution in [3.05, 3.63) is 35.9 Å².